The van der Waals surface area contributed by atoms with Crippen LogP contribution in [0.2, 0.25) is 0 Å². The van der Waals surface area contributed by atoms with Gasteiger partial charge in [-0.15, -0.1) is 0 Å². The second-order valence-electron chi connectivity index (χ2n) is 2.59. The van der Waals surface area contributed by atoms with E-state index in [0.717, 1.165) is 3.57 Å². The molecule has 0 saturated carbocycles. The predicted molar refractivity (Wildman–Crippen MR) is 57.0 cm³/mol. The van der Waals surface area contributed by atoms with Crippen LogP contribution in [0, 0.1) is 3.57 Å². The minimum atomic E-state index is -0.401. The molecule has 0 aliphatic heterocycles. The summed E-state index contributed by atoms with van der Waals surface area (Å²) in [6.45, 7) is 0. The monoisotopic (exact) mass is 303 g/mol. The number of hydrogen-bond acceptors (Lipinski definition) is 4. The van der Waals surface area contributed by atoms with E-state index in [1.54, 1.807) is 16.8 Å². The van der Waals surface area contributed by atoms with E-state index in [0.29, 0.717) is 11.2 Å². The molecule has 2 heterocycles. The Morgan fingerprint density at radius 1 is 1.64 bits per heavy atom. The zero-order chi connectivity index (χ0) is 10.1. The molecule has 0 N–H and O–H groups in total. The zero-order valence-corrected chi connectivity index (χ0v) is 9.43. The van der Waals surface area contributed by atoms with Crippen molar-refractivity contribution >= 4 is 34.2 Å². The van der Waals surface area contributed by atoms with Gasteiger partial charge in [-0.1, -0.05) is 0 Å². The summed E-state index contributed by atoms with van der Waals surface area (Å²) in [5, 5.41) is 3.95. The van der Waals surface area contributed by atoms with E-state index in [4.69, 9.17) is 0 Å². The fraction of sp³-hybridized carbons (Fsp3) is 0.125. The Balaban J connectivity index is 2.72. The van der Waals surface area contributed by atoms with E-state index in [1.807, 2.05) is 0 Å². The molecule has 0 amide bonds. The van der Waals surface area contributed by atoms with Gasteiger partial charge in [-0.3, -0.25) is 0 Å². The van der Waals surface area contributed by atoms with Crippen LogP contribution in [0.1, 0.15) is 10.4 Å². The number of esters is 1. The van der Waals surface area contributed by atoms with Crippen LogP contribution < -0.4 is 0 Å². The van der Waals surface area contributed by atoms with E-state index in [-0.39, 0.29) is 0 Å². The number of aromatic nitrogens is 3. The van der Waals surface area contributed by atoms with Gasteiger partial charge >= 0.3 is 5.97 Å². The Morgan fingerprint density at radius 3 is 3.14 bits per heavy atom. The summed E-state index contributed by atoms with van der Waals surface area (Å²) < 4.78 is 7.10. The van der Waals surface area contributed by atoms with Gasteiger partial charge in [-0.05, 0) is 28.7 Å². The molecule has 0 aromatic carbocycles. The maximum Gasteiger partial charge on any atom is 0.341 e. The molecule has 0 bridgehead atoms. The van der Waals surface area contributed by atoms with Crippen molar-refractivity contribution in [2.75, 3.05) is 7.11 Å². The fourth-order valence-electron chi connectivity index (χ4n) is 1.15. The Hall–Kier alpha value is -1.18. The van der Waals surface area contributed by atoms with E-state index in [9.17, 15) is 4.79 Å². The second kappa shape index (κ2) is 3.52. The minimum absolute atomic E-state index is 0.401. The lowest BCUT2D eigenvalue weighted by atomic mass is 10.3. The number of carbonyl (C=O) groups is 1. The lowest BCUT2D eigenvalue weighted by Gasteiger charge is -2.01. The third kappa shape index (κ3) is 1.45. The predicted octanol–water partition coefficient (Wildman–Crippen LogP) is 1.12. The van der Waals surface area contributed by atoms with Gasteiger partial charge in [0.05, 0.1) is 7.11 Å². The van der Waals surface area contributed by atoms with Crippen LogP contribution in [-0.4, -0.2) is 27.7 Å². The minimum Gasteiger partial charge on any atom is -0.465 e. The number of ether oxygens (including phenoxy) is 1. The van der Waals surface area contributed by atoms with Crippen LogP contribution in [-0.2, 0) is 4.74 Å². The van der Waals surface area contributed by atoms with Crippen molar-refractivity contribution in [2.24, 2.45) is 0 Å². The molecule has 72 valence electrons. The number of methoxy groups -OCH3 is 1. The van der Waals surface area contributed by atoms with Crippen LogP contribution in [0.5, 0.6) is 0 Å². The third-order valence-electron chi connectivity index (χ3n) is 1.75. The average molecular weight is 303 g/mol. The first-order chi connectivity index (χ1) is 6.72. The first kappa shape index (κ1) is 9.38. The lowest BCUT2D eigenvalue weighted by molar-refractivity contribution is 0.0602. The highest BCUT2D eigenvalue weighted by Crippen LogP contribution is 2.13. The quantitative estimate of drug-likeness (QED) is 0.585. The fourth-order valence-corrected chi connectivity index (χ4v) is 1.73. The molecule has 0 atom stereocenters. The number of carbonyl (C=O) groups excluding carboxylic acids is 1. The Kier molecular flexibility index (Phi) is 2.36. The number of rotatable bonds is 1. The molecule has 0 radical (unpaired) electrons. The summed E-state index contributed by atoms with van der Waals surface area (Å²) in [5.74, 6) is -0.401. The maximum atomic E-state index is 11.4. The molecule has 0 aliphatic rings. The highest BCUT2D eigenvalue weighted by molar-refractivity contribution is 14.1. The summed E-state index contributed by atoms with van der Waals surface area (Å²) in [6, 6.07) is 1.72. The van der Waals surface area contributed by atoms with Crippen molar-refractivity contribution in [1.82, 2.24) is 14.6 Å². The first-order valence-corrected chi connectivity index (χ1v) is 4.87. The molecule has 2 aromatic heterocycles. The summed E-state index contributed by atoms with van der Waals surface area (Å²) in [4.78, 5) is 15.3. The molecule has 0 spiro atoms. The standard InChI is InChI=1S/C8H6IN3O2/c1-14-8(13)6-2-5(9)3-12-7(6)10-4-11-12/h2-4H,1H3. The number of halogens is 1. The molecule has 6 heteroatoms. The highest BCUT2D eigenvalue weighted by atomic mass is 127. The molecule has 0 unspecified atom stereocenters. The summed E-state index contributed by atoms with van der Waals surface area (Å²) in [7, 11) is 1.34. The van der Waals surface area contributed by atoms with Crippen molar-refractivity contribution in [2.45, 2.75) is 0 Å². The van der Waals surface area contributed by atoms with Gasteiger partial charge in [-0.25, -0.2) is 14.3 Å². The molecule has 0 saturated heterocycles. The maximum absolute atomic E-state index is 11.4. The summed E-state index contributed by atoms with van der Waals surface area (Å²) in [6.07, 6.45) is 3.19. The van der Waals surface area contributed by atoms with E-state index in [2.05, 4.69) is 37.4 Å². The van der Waals surface area contributed by atoms with E-state index >= 15 is 0 Å². The first-order valence-electron chi connectivity index (χ1n) is 3.79. The van der Waals surface area contributed by atoms with E-state index < -0.39 is 5.97 Å². The lowest BCUT2D eigenvalue weighted by Crippen LogP contribution is -2.05. The van der Waals surface area contributed by atoms with Gasteiger partial charge < -0.3 is 4.74 Å². The van der Waals surface area contributed by atoms with Crippen molar-refractivity contribution in [1.29, 1.82) is 0 Å². The van der Waals surface area contributed by atoms with Gasteiger partial charge in [0.25, 0.3) is 0 Å². The van der Waals surface area contributed by atoms with Crippen molar-refractivity contribution in [3.8, 4) is 0 Å². The van der Waals surface area contributed by atoms with Gasteiger partial charge in [0.1, 0.15) is 11.9 Å². The number of nitrogens with zero attached hydrogens (tertiary/aromatic N) is 3. The van der Waals surface area contributed by atoms with Crippen LogP contribution in [0.4, 0.5) is 0 Å². The largest absolute Gasteiger partial charge is 0.465 e. The summed E-state index contributed by atoms with van der Waals surface area (Å²) in [5.41, 5.74) is 0.939. The molecular formula is C8H6IN3O2. The Labute approximate surface area is 93.2 Å². The molecule has 0 fully saturated rings. The van der Waals surface area contributed by atoms with Crippen molar-refractivity contribution in [3.05, 3.63) is 27.7 Å². The molecular weight excluding hydrogens is 297 g/mol. The molecule has 5 nitrogen and oxygen atoms in total. The van der Waals surface area contributed by atoms with Crippen molar-refractivity contribution < 1.29 is 9.53 Å². The molecule has 0 aliphatic carbocycles. The molecule has 14 heavy (non-hydrogen) atoms. The Morgan fingerprint density at radius 2 is 2.43 bits per heavy atom. The normalized spacial score (nSPS) is 10.4. The second-order valence-corrected chi connectivity index (χ2v) is 3.84. The smallest absolute Gasteiger partial charge is 0.341 e. The highest BCUT2D eigenvalue weighted by Gasteiger charge is 2.13. The molecule has 2 rings (SSSR count). The van der Waals surface area contributed by atoms with Crippen LogP contribution >= 0.6 is 22.6 Å². The van der Waals surface area contributed by atoms with Crippen molar-refractivity contribution in [3.63, 3.8) is 0 Å². The SMILES string of the molecule is COC(=O)c1cc(I)cn2ncnc12. The van der Waals surface area contributed by atoms with Gasteiger partial charge in [-0.2, -0.15) is 5.10 Å². The average Bonchev–Trinajstić information content (AvgIpc) is 2.62. The number of pyridine rings is 1. The zero-order valence-electron chi connectivity index (χ0n) is 7.27. The summed E-state index contributed by atoms with van der Waals surface area (Å²) >= 11 is 2.10. The number of hydrogen-bond donors (Lipinski definition) is 0. The van der Waals surface area contributed by atoms with Gasteiger partial charge in [0.2, 0.25) is 0 Å². The third-order valence-corrected chi connectivity index (χ3v) is 2.34. The topological polar surface area (TPSA) is 56.5 Å². The molecule has 2 aromatic rings. The van der Waals surface area contributed by atoms with E-state index in [1.165, 1.54) is 13.4 Å². The number of fused-ring (bicyclic) bond motifs is 1. The van der Waals surface area contributed by atoms with Crippen LogP contribution in [0.15, 0.2) is 18.6 Å². The van der Waals surface area contributed by atoms with Crippen LogP contribution in [0.25, 0.3) is 5.65 Å². The Bertz CT molecular complexity index is 494. The van der Waals surface area contributed by atoms with Gasteiger partial charge in [0.15, 0.2) is 5.65 Å². The van der Waals surface area contributed by atoms with Gasteiger partial charge in [0, 0.05) is 9.77 Å². The van der Waals surface area contributed by atoms with Crippen LogP contribution in [0.3, 0.4) is 0 Å².